The zero-order chi connectivity index (χ0) is 7.56. The van der Waals surface area contributed by atoms with Crippen LogP contribution >= 0.6 is 0 Å². The van der Waals surface area contributed by atoms with Crippen molar-refractivity contribution in [1.29, 1.82) is 0 Å². The molecule has 10 heavy (non-hydrogen) atoms. The van der Waals surface area contributed by atoms with E-state index >= 15 is 0 Å². The summed E-state index contributed by atoms with van der Waals surface area (Å²) < 4.78 is 33.8. The van der Waals surface area contributed by atoms with Crippen LogP contribution in [0.15, 0.2) is 17.3 Å². The molecule has 56 valence electrons. The van der Waals surface area contributed by atoms with Gasteiger partial charge < -0.3 is 0 Å². The van der Waals surface area contributed by atoms with Crippen LogP contribution in [0.25, 0.3) is 0 Å². The number of alkyl halides is 2. The number of hydrogen-bond donors (Lipinski definition) is 1. The van der Waals surface area contributed by atoms with Crippen molar-refractivity contribution in [2.75, 3.05) is 0 Å². The lowest BCUT2D eigenvalue weighted by Crippen LogP contribution is -2.02. The lowest BCUT2D eigenvalue weighted by atomic mass is 10.8. The Morgan fingerprint density at radius 1 is 1.70 bits per heavy atom. The third kappa shape index (κ3) is 1.38. The maximum Gasteiger partial charge on any atom is 0.317 e. The van der Waals surface area contributed by atoms with Gasteiger partial charge in [-0.2, -0.15) is 13.9 Å². The van der Waals surface area contributed by atoms with Crippen LogP contribution in [0, 0.1) is 0 Å². The van der Waals surface area contributed by atoms with Crippen molar-refractivity contribution in [2.45, 2.75) is 10.8 Å². The molecule has 3 nitrogen and oxygen atoms in total. The van der Waals surface area contributed by atoms with Crippen molar-refractivity contribution in [3.05, 3.63) is 12.3 Å². The standard InChI is InChI=1S/C4H4F2N2OS/c5-4(6)10(9)3-1-2-7-8-3/h1-2,4H,(H,7,8). The zero-order valence-corrected chi connectivity index (χ0v) is 5.57. The van der Waals surface area contributed by atoms with Crippen LogP contribution in [0.4, 0.5) is 8.78 Å². The maximum absolute atomic E-state index is 11.6. The van der Waals surface area contributed by atoms with Crippen LogP contribution < -0.4 is 0 Å². The fraction of sp³-hybridized carbons (Fsp3) is 0.250. The van der Waals surface area contributed by atoms with Gasteiger partial charge in [0, 0.05) is 6.20 Å². The van der Waals surface area contributed by atoms with Crippen molar-refractivity contribution in [1.82, 2.24) is 10.2 Å². The second-order valence-corrected chi connectivity index (χ2v) is 2.87. The van der Waals surface area contributed by atoms with Crippen LogP contribution in [-0.4, -0.2) is 20.2 Å². The minimum Gasteiger partial charge on any atom is -0.269 e. The first kappa shape index (κ1) is 7.33. The van der Waals surface area contributed by atoms with Crippen LogP contribution in [0.3, 0.4) is 0 Å². The third-order valence-corrected chi connectivity index (χ3v) is 1.84. The second kappa shape index (κ2) is 2.87. The molecule has 6 heteroatoms. The monoisotopic (exact) mass is 166 g/mol. The first-order valence-electron chi connectivity index (χ1n) is 2.40. The van der Waals surface area contributed by atoms with Gasteiger partial charge in [0.2, 0.25) is 0 Å². The van der Waals surface area contributed by atoms with Crippen LogP contribution in [0.1, 0.15) is 0 Å². The molecule has 0 bridgehead atoms. The Labute approximate surface area is 57.9 Å². The van der Waals surface area contributed by atoms with E-state index in [1.54, 1.807) is 0 Å². The molecule has 1 N–H and O–H groups in total. The largest absolute Gasteiger partial charge is 0.317 e. The summed E-state index contributed by atoms with van der Waals surface area (Å²) in [5, 5.41) is 5.52. The Morgan fingerprint density at radius 2 is 2.40 bits per heavy atom. The topological polar surface area (TPSA) is 45.8 Å². The fourth-order valence-corrected chi connectivity index (χ4v) is 0.981. The van der Waals surface area contributed by atoms with Crippen molar-refractivity contribution in [2.24, 2.45) is 0 Å². The highest BCUT2D eigenvalue weighted by atomic mass is 32.2. The summed E-state index contributed by atoms with van der Waals surface area (Å²) in [5.74, 6) is -2.85. The predicted molar refractivity (Wildman–Crippen MR) is 31.0 cm³/mol. The van der Waals surface area contributed by atoms with Gasteiger partial charge in [-0.1, -0.05) is 0 Å². The van der Waals surface area contributed by atoms with E-state index in [2.05, 4.69) is 10.2 Å². The average molecular weight is 166 g/mol. The summed E-state index contributed by atoms with van der Waals surface area (Å²) in [6.07, 6.45) is 1.27. The molecule has 1 aromatic rings. The Bertz CT molecular complexity index is 223. The number of halogens is 2. The molecule has 0 fully saturated rings. The number of nitrogens with zero attached hydrogens (tertiary/aromatic N) is 1. The molecule has 0 aromatic carbocycles. The fourth-order valence-electron chi connectivity index (χ4n) is 0.451. The van der Waals surface area contributed by atoms with Crippen LogP contribution in [0.5, 0.6) is 0 Å². The lowest BCUT2D eigenvalue weighted by Gasteiger charge is -1.93. The van der Waals surface area contributed by atoms with E-state index in [-0.39, 0.29) is 5.03 Å². The number of aromatic nitrogens is 2. The van der Waals surface area contributed by atoms with Crippen molar-refractivity contribution >= 4 is 10.8 Å². The molecule has 0 aliphatic rings. The summed E-state index contributed by atoms with van der Waals surface area (Å²) >= 11 is 0. The molecular formula is C4H4F2N2OS. The second-order valence-electron chi connectivity index (χ2n) is 1.48. The Morgan fingerprint density at radius 3 is 2.80 bits per heavy atom. The van der Waals surface area contributed by atoms with Gasteiger partial charge in [0.15, 0.2) is 0 Å². The summed E-state index contributed by atoms with van der Waals surface area (Å²) in [6, 6.07) is 1.25. The normalized spacial score (nSPS) is 13.9. The van der Waals surface area contributed by atoms with E-state index in [1.807, 2.05) is 0 Å². The van der Waals surface area contributed by atoms with E-state index in [0.717, 1.165) is 0 Å². The van der Waals surface area contributed by atoms with Crippen LogP contribution in [0.2, 0.25) is 0 Å². The SMILES string of the molecule is O=S(c1ccn[nH]1)C(F)F. The Balaban J connectivity index is 2.78. The van der Waals surface area contributed by atoms with Gasteiger partial charge in [-0.25, -0.2) is 4.21 Å². The highest BCUT2D eigenvalue weighted by Gasteiger charge is 2.15. The Hall–Kier alpha value is -0.780. The highest BCUT2D eigenvalue weighted by Crippen LogP contribution is 2.08. The number of nitrogens with one attached hydrogen (secondary N) is 1. The quantitative estimate of drug-likeness (QED) is 0.704. The molecule has 0 saturated heterocycles. The average Bonchev–Trinajstić information content (AvgIpc) is 2.36. The van der Waals surface area contributed by atoms with Gasteiger partial charge in [-0.15, -0.1) is 0 Å². The zero-order valence-electron chi connectivity index (χ0n) is 4.75. The van der Waals surface area contributed by atoms with Gasteiger partial charge in [-0.3, -0.25) is 5.10 Å². The van der Waals surface area contributed by atoms with E-state index in [9.17, 15) is 13.0 Å². The lowest BCUT2D eigenvalue weighted by molar-refractivity contribution is 0.243. The minimum absolute atomic E-state index is 0.0463. The maximum atomic E-state index is 11.6. The number of aromatic amines is 1. The van der Waals surface area contributed by atoms with Gasteiger partial charge in [0.05, 0.1) is 0 Å². The molecule has 1 aromatic heterocycles. The van der Waals surface area contributed by atoms with Crippen molar-refractivity contribution in [3.63, 3.8) is 0 Å². The van der Waals surface area contributed by atoms with E-state index in [4.69, 9.17) is 0 Å². The minimum atomic E-state index is -2.85. The summed E-state index contributed by atoms with van der Waals surface area (Å²) in [5.41, 5.74) is 0. The number of H-pyrrole nitrogens is 1. The van der Waals surface area contributed by atoms with E-state index < -0.39 is 16.6 Å². The van der Waals surface area contributed by atoms with E-state index in [1.165, 1.54) is 12.3 Å². The number of rotatable bonds is 2. The molecule has 0 radical (unpaired) electrons. The highest BCUT2D eigenvalue weighted by molar-refractivity contribution is 7.85. The molecule has 1 rings (SSSR count). The van der Waals surface area contributed by atoms with Crippen molar-refractivity contribution < 1.29 is 13.0 Å². The Kier molecular flexibility index (Phi) is 2.10. The molecular weight excluding hydrogens is 162 g/mol. The van der Waals surface area contributed by atoms with Crippen LogP contribution in [-0.2, 0) is 10.8 Å². The predicted octanol–water partition coefficient (Wildman–Crippen LogP) is 0.740. The first-order valence-corrected chi connectivity index (χ1v) is 3.61. The molecule has 1 unspecified atom stereocenters. The number of hydrogen-bond acceptors (Lipinski definition) is 2. The molecule has 0 aliphatic heterocycles. The van der Waals surface area contributed by atoms with Gasteiger partial charge in [0.25, 0.3) is 0 Å². The molecule has 1 atom stereocenters. The third-order valence-electron chi connectivity index (χ3n) is 0.854. The first-order chi connectivity index (χ1) is 4.72. The summed E-state index contributed by atoms with van der Waals surface area (Å²) in [4.78, 5) is 0. The summed E-state index contributed by atoms with van der Waals surface area (Å²) in [6.45, 7) is 0. The van der Waals surface area contributed by atoms with Gasteiger partial charge in [-0.05, 0) is 6.07 Å². The van der Waals surface area contributed by atoms with Gasteiger partial charge in [0.1, 0.15) is 15.8 Å². The molecule has 0 aliphatic carbocycles. The van der Waals surface area contributed by atoms with E-state index in [0.29, 0.717) is 0 Å². The summed E-state index contributed by atoms with van der Waals surface area (Å²) in [7, 11) is -2.26. The van der Waals surface area contributed by atoms with Crippen molar-refractivity contribution in [3.8, 4) is 0 Å². The smallest absolute Gasteiger partial charge is 0.269 e. The molecule has 0 amide bonds. The molecule has 1 heterocycles. The molecule has 0 spiro atoms. The van der Waals surface area contributed by atoms with Gasteiger partial charge >= 0.3 is 5.76 Å². The molecule has 0 saturated carbocycles.